The minimum atomic E-state index is -0.394. The quantitative estimate of drug-likeness (QED) is 0.296. The van der Waals surface area contributed by atoms with Crippen LogP contribution < -0.4 is 0 Å². The number of hydrogen-bond acceptors (Lipinski definition) is 0. The Hall–Kier alpha value is -2.86. The van der Waals surface area contributed by atoms with Crippen LogP contribution in [-0.2, 0) is 5.41 Å². The summed E-state index contributed by atoms with van der Waals surface area (Å²) in [5, 5.41) is 0. The number of hydrogen-bond donors (Lipinski definition) is 0. The van der Waals surface area contributed by atoms with Crippen LogP contribution in [0.15, 0.2) is 126 Å². The molecular formula is C40H70. The highest BCUT2D eigenvalue weighted by Gasteiger charge is 2.46. The van der Waals surface area contributed by atoms with Crippen LogP contribution in [0, 0.1) is 0 Å². The van der Waals surface area contributed by atoms with Gasteiger partial charge in [-0.15, -0.1) is 0 Å². The molecule has 1 aromatic rings. The first-order valence-electron chi connectivity index (χ1n) is 15.5. The van der Waals surface area contributed by atoms with Crippen molar-refractivity contribution in [2.75, 3.05) is 0 Å². The fraction of sp³-hybridized carbons (Fsp3) is 0.450. The van der Waals surface area contributed by atoms with Crippen LogP contribution in [0.3, 0.4) is 0 Å². The zero-order valence-corrected chi connectivity index (χ0v) is 29.0. The maximum absolute atomic E-state index is 4.12. The molecule has 0 aromatic heterocycles. The van der Waals surface area contributed by atoms with Crippen molar-refractivity contribution in [1.82, 2.24) is 0 Å². The summed E-state index contributed by atoms with van der Waals surface area (Å²) in [6.45, 7) is 40.6. The number of rotatable bonds is 7. The Balaban J connectivity index is -0.000000196. The monoisotopic (exact) mass is 551 g/mol. The predicted octanol–water partition coefficient (Wildman–Crippen LogP) is 14.4. The van der Waals surface area contributed by atoms with Gasteiger partial charge >= 0.3 is 0 Å². The molecule has 0 saturated carbocycles. The Kier molecular flexibility index (Phi) is 45.2. The Labute approximate surface area is 254 Å². The molecule has 0 N–H and O–H groups in total. The molecule has 0 saturated heterocycles. The summed E-state index contributed by atoms with van der Waals surface area (Å²) >= 11 is 0. The second kappa shape index (κ2) is 36.1. The highest BCUT2D eigenvalue weighted by molar-refractivity contribution is 5.77. The minimum absolute atomic E-state index is 0. The summed E-state index contributed by atoms with van der Waals surface area (Å²) in [5.41, 5.74) is 6.85. The SMILES string of the molecule is C.C=CC1=C(/C=C\C)C(C(/C=C\C)=C/C)(c2ccccc2)C(/C=C\C)=C1C=C.CC.CC.CC.CC.CC.CC. The molecule has 0 aliphatic heterocycles. The zero-order chi connectivity index (χ0) is 31.9. The molecule has 1 aliphatic rings. The van der Waals surface area contributed by atoms with Crippen LogP contribution in [0.2, 0.25) is 0 Å². The molecule has 1 aliphatic carbocycles. The predicted molar refractivity (Wildman–Crippen MR) is 196 cm³/mol. The van der Waals surface area contributed by atoms with E-state index in [-0.39, 0.29) is 7.43 Å². The van der Waals surface area contributed by atoms with Gasteiger partial charge in [0.15, 0.2) is 0 Å². The molecule has 0 fully saturated rings. The largest absolute Gasteiger partial charge is 0.0984 e. The maximum Gasteiger partial charge on any atom is 0.0710 e. The second-order valence-electron chi connectivity index (χ2n) is 6.42. The molecule has 40 heavy (non-hydrogen) atoms. The van der Waals surface area contributed by atoms with E-state index < -0.39 is 5.41 Å². The van der Waals surface area contributed by atoms with Gasteiger partial charge in [-0.25, -0.2) is 0 Å². The second-order valence-corrected chi connectivity index (χ2v) is 6.42. The van der Waals surface area contributed by atoms with Crippen molar-refractivity contribution < 1.29 is 0 Å². The molecule has 0 amide bonds. The van der Waals surface area contributed by atoms with E-state index in [0.717, 1.165) is 11.1 Å². The fourth-order valence-corrected chi connectivity index (χ4v) is 4.14. The zero-order valence-electron chi connectivity index (χ0n) is 29.0. The van der Waals surface area contributed by atoms with Gasteiger partial charge in [0.25, 0.3) is 0 Å². The molecule has 0 unspecified atom stereocenters. The van der Waals surface area contributed by atoms with E-state index in [1.807, 2.05) is 95.2 Å². The van der Waals surface area contributed by atoms with Gasteiger partial charge in [-0.1, -0.05) is 189 Å². The number of allylic oxidation sites excluding steroid dienone is 14. The van der Waals surface area contributed by atoms with Gasteiger partial charge in [0, 0.05) is 0 Å². The maximum atomic E-state index is 4.12. The lowest BCUT2D eigenvalue weighted by Crippen LogP contribution is -2.30. The van der Waals surface area contributed by atoms with E-state index >= 15 is 0 Å². The Bertz CT molecular complexity index is 837. The summed E-state index contributed by atoms with van der Waals surface area (Å²) in [4.78, 5) is 0. The third-order valence-electron chi connectivity index (χ3n) is 5.05. The molecule has 1 aromatic carbocycles. The van der Waals surface area contributed by atoms with E-state index in [4.69, 9.17) is 0 Å². The fourth-order valence-electron chi connectivity index (χ4n) is 4.14. The standard InChI is InChI=1S/C27H30.6C2H6.CH4/c1-7-16-21(10-4)27(22-19-14-13-15-20-22)25(17-8-2)23(11-5)24(12-6)26(27)18-9-3;6*1-2;/h7-20H,5-6H2,1-4H3;6*1-2H3;1H4/b16-7-,17-8-,18-9-,21-10+;;;;;;;. The van der Waals surface area contributed by atoms with Crippen molar-refractivity contribution in [3.63, 3.8) is 0 Å². The molecule has 0 heterocycles. The molecule has 0 nitrogen and oxygen atoms in total. The summed E-state index contributed by atoms with van der Waals surface area (Å²) in [5.74, 6) is 0. The van der Waals surface area contributed by atoms with Gasteiger partial charge in [-0.05, 0) is 61.1 Å². The van der Waals surface area contributed by atoms with Crippen molar-refractivity contribution >= 4 is 0 Å². The van der Waals surface area contributed by atoms with Crippen molar-refractivity contribution in [2.45, 2.75) is 124 Å². The normalized spacial score (nSPS) is 12.8. The Morgan fingerprint density at radius 2 is 0.925 bits per heavy atom. The summed E-state index contributed by atoms with van der Waals surface area (Å²) < 4.78 is 0. The summed E-state index contributed by atoms with van der Waals surface area (Å²) in [7, 11) is 0. The van der Waals surface area contributed by atoms with Crippen LogP contribution in [0.4, 0.5) is 0 Å². The van der Waals surface area contributed by atoms with Crippen LogP contribution in [0.5, 0.6) is 0 Å². The topological polar surface area (TPSA) is 0 Å². The third-order valence-corrected chi connectivity index (χ3v) is 5.05. The smallest absolute Gasteiger partial charge is 0.0710 e. The summed E-state index contributed by atoms with van der Waals surface area (Å²) in [6, 6.07) is 10.7. The van der Waals surface area contributed by atoms with Crippen LogP contribution >= 0.6 is 0 Å². The molecule has 0 heteroatoms. The van der Waals surface area contributed by atoms with Gasteiger partial charge in [-0.3, -0.25) is 0 Å². The number of benzene rings is 1. The highest BCUT2D eigenvalue weighted by atomic mass is 14.5. The molecule has 0 atom stereocenters. The third kappa shape index (κ3) is 13.0. The molecule has 0 radical (unpaired) electrons. The van der Waals surface area contributed by atoms with Crippen LogP contribution in [-0.4, -0.2) is 0 Å². The van der Waals surface area contributed by atoms with Crippen LogP contribution in [0.25, 0.3) is 0 Å². The van der Waals surface area contributed by atoms with Gasteiger partial charge < -0.3 is 0 Å². The minimum Gasteiger partial charge on any atom is -0.0984 e. The lowest BCUT2D eigenvalue weighted by molar-refractivity contribution is 0.750. The molecule has 2 rings (SSSR count). The van der Waals surface area contributed by atoms with Crippen molar-refractivity contribution in [3.8, 4) is 0 Å². The first-order valence-corrected chi connectivity index (χ1v) is 15.5. The van der Waals surface area contributed by atoms with E-state index in [1.165, 1.54) is 22.3 Å². The van der Waals surface area contributed by atoms with E-state index in [0.29, 0.717) is 0 Å². The lowest BCUT2D eigenvalue weighted by Gasteiger charge is -2.36. The average molecular weight is 551 g/mol. The molecule has 230 valence electrons. The first kappa shape index (κ1) is 50.0. The lowest BCUT2D eigenvalue weighted by atomic mass is 9.65. The van der Waals surface area contributed by atoms with Crippen molar-refractivity contribution in [3.05, 3.63) is 132 Å². The first-order chi connectivity index (χ1) is 19.2. The van der Waals surface area contributed by atoms with E-state index in [1.54, 1.807) is 0 Å². The highest BCUT2D eigenvalue weighted by Crippen LogP contribution is 2.55. The van der Waals surface area contributed by atoms with Gasteiger partial charge in [0.1, 0.15) is 0 Å². The Morgan fingerprint density at radius 3 is 1.18 bits per heavy atom. The molecular weight excluding hydrogens is 480 g/mol. The van der Waals surface area contributed by atoms with Gasteiger partial charge in [0.2, 0.25) is 0 Å². The average Bonchev–Trinajstić information content (AvgIpc) is 3.31. The summed E-state index contributed by atoms with van der Waals surface area (Å²) in [6.07, 6.45) is 19.1. The van der Waals surface area contributed by atoms with Crippen molar-refractivity contribution in [1.29, 1.82) is 0 Å². The molecule has 0 bridgehead atoms. The van der Waals surface area contributed by atoms with Gasteiger partial charge in [0.05, 0.1) is 5.41 Å². The molecule has 0 spiro atoms. The van der Waals surface area contributed by atoms with Crippen molar-refractivity contribution in [2.24, 2.45) is 0 Å². The van der Waals surface area contributed by atoms with E-state index in [2.05, 4.69) is 114 Å². The Morgan fingerprint density at radius 1 is 0.575 bits per heavy atom. The van der Waals surface area contributed by atoms with E-state index in [9.17, 15) is 0 Å². The van der Waals surface area contributed by atoms with Gasteiger partial charge in [-0.2, -0.15) is 0 Å². The van der Waals surface area contributed by atoms with Crippen LogP contribution in [0.1, 0.15) is 124 Å².